The van der Waals surface area contributed by atoms with Gasteiger partial charge in [0.05, 0.1) is 0 Å². The van der Waals surface area contributed by atoms with Crippen molar-refractivity contribution in [1.82, 2.24) is 0 Å². The second-order valence-electron chi connectivity index (χ2n) is 5.97. The monoisotopic (exact) mass is 300 g/mol. The Balaban J connectivity index is 0. The number of hydrogen-bond donors (Lipinski definition) is 0. The van der Waals surface area contributed by atoms with E-state index in [4.69, 9.17) is 0 Å². The van der Waals surface area contributed by atoms with Crippen LogP contribution < -0.4 is 12.4 Å². The average molecular weight is 301 g/mol. The summed E-state index contributed by atoms with van der Waals surface area (Å²) < 4.78 is 1.09. The van der Waals surface area contributed by atoms with Crippen LogP contribution in [-0.4, -0.2) is 30.5 Å². The minimum Gasteiger partial charge on any atom is -1.00 e. The number of rotatable bonds is 12. The minimum absolute atomic E-state index is 0. The normalized spacial score (nSPS) is 12.6. The summed E-state index contributed by atoms with van der Waals surface area (Å²) in [6.07, 6.45) is 16.2. The molecule has 0 rings (SSSR count). The zero-order valence-electron chi connectivity index (χ0n) is 13.0. The van der Waals surface area contributed by atoms with E-state index < -0.39 is 0 Å². The van der Waals surface area contributed by atoms with Crippen LogP contribution >= 0.6 is 0 Å². The van der Waals surface area contributed by atoms with Crippen LogP contribution in [0.15, 0.2) is 0 Å². The molecule has 0 aliphatic rings. The Labute approximate surface area is 137 Å². The summed E-state index contributed by atoms with van der Waals surface area (Å²) in [4.78, 5) is 0. The van der Waals surface area contributed by atoms with Crippen molar-refractivity contribution in [1.29, 1.82) is 0 Å². The molecule has 0 fully saturated rings. The van der Waals surface area contributed by atoms with Crippen LogP contribution in [0.5, 0.6) is 0 Å². The molecule has 0 bridgehead atoms. The summed E-state index contributed by atoms with van der Waals surface area (Å²) in [5.41, 5.74) is 0. The predicted octanol–water partition coefficient (Wildman–Crippen LogP) is 2.28. The van der Waals surface area contributed by atoms with E-state index in [0.29, 0.717) is 0 Å². The largest absolute Gasteiger partial charge is 1.00 e. The Morgan fingerprint density at radius 1 is 0.778 bits per heavy atom. The molecule has 0 aliphatic heterocycles. The topological polar surface area (TPSA) is 0 Å². The summed E-state index contributed by atoms with van der Waals surface area (Å²) in [6.45, 7) is 7.28. The molecular weight excluding hydrogens is 268 g/mol. The first-order valence-corrected chi connectivity index (χ1v) is 11.8. The Kier molecular flexibility index (Phi) is 19.6. The third kappa shape index (κ3) is 15.3. The van der Waals surface area contributed by atoms with Crippen LogP contribution in [0.3, 0.4) is 0 Å². The molecule has 0 amide bonds. The van der Waals surface area contributed by atoms with Gasteiger partial charge in [-0.2, -0.15) is 0 Å². The summed E-state index contributed by atoms with van der Waals surface area (Å²) >= 11 is 2.26. The van der Waals surface area contributed by atoms with Gasteiger partial charge >= 0.3 is 118 Å². The molecule has 0 aliphatic carbocycles. The predicted molar refractivity (Wildman–Crippen MR) is 84.8 cm³/mol. The van der Waals surface area contributed by atoms with Crippen molar-refractivity contribution < 1.29 is 12.4 Å². The van der Waals surface area contributed by atoms with Crippen molar-refractivity contribution in [2.45, 2.75) is 94.3 Å². The van der Waals surface area contributed by atoms with Crippen LogP contribution in [-0.2, 0) is 0 Å². The van der Waals surface area contributed by atoms with Gasteiger partial charge in [0.25, 0.3) is 0 Å². The van der Waals surface area contributed by atoms with E-state index in [9.17, 15) is 0 Å². The molecule has 3 heteroatoms. The maximum absolute atomic E-state index is 2.49. The average Bonchev–Trinajstić information content (AvgIpc) is 2.31. The molecule has 1 unspecified atom stereocenters. The van der Waals surface area contributed by atoms with Crippen molar-refractivity contribution in [2.75, 3.05) is 0 Å². The molecule has 0 aromatic carbocycles. The molecule has 18 heavy (non-hydrogen) atoms. The van der Waals surface area contributed by atoms with Crippen molar-refractivity contribution in [3.05, 3.63) is 0 Å². The smallest absolute Gasteiger partial charge is 1.00 e. The van der Waals surface area contributed by atoms with Gasteiger partial charge in [0.2, 0.25) is 0 Å². The molecule has 0 saturated carbocycles. The molecule has 0 N–H and O–H groups in total. The Morgan fingerprint density at radius 3 is 1.56 bits per heavy atom. The maximum Gasteiger partial charge on any atom is -1.00 e. The maximum atomic E-state index is 2.49. The third-order valence-corrected chi connectivity index (χ3v) is 9.33. The van der Waals surface area contributed by atoms with Gasteiger partial charge in [-0.25, -0.2) is 0 Å². The molecule has 0 spiro atoms. The van der Waals surface area contributed by atoms with E-state index in [0.717, 1.165) is 3.67 Å². The van der Waals surface area contributed by atoms with Gasteiger partial charge in [0, 0.05) is 0 Å². The van der Waals surface area contributed by atoms with Crippen molar-refractivity contribution in [2.24, 2.45) is 0 Å². The summed E-state index contributed by atoms with van der Waals surface area (Å²) in [7, 11) is -0.334. The molecule has 0 saturated heterocycles. The molecular formula is C15H33ClMgSi. The Morgan fingerprint density at radius 2 is 1.17 bits per heavy atom. The molecule has 0 nitrogen and oxygen atoms in total. The standard InChI is InChI=1S/C15H33Si.ClH.Mg/c1-4-5-6-7-8-9-10-11-12-13-14-15-16(2)3;;/h15-16H,4-14H2,1-3H3;1H;/q;;+1/p-1. The number of unbranched alkanes of at least 4 members (excludes halogenated alkanes) is 9. The summed E-state index contributed by atoms with van der Waals surface area (Å²) in [6, 6.07) is 0. The molecule has 0 aromatic heterocycles. The second kappa shape index (κ2) is 16.3. The van der Waals surface area contributed by atoms with Gasteiger partial charge < -0.3 is 12.4 Å². The van der Waals surface area contributed by atoms with Gasteiger partial charge in [0.15, 0.2) is 0 Å². The van der Waals surface area contributed by atoms with Crippen LogP contribution in [0, 0.1) is 0 Å². The van der Waals surface area contributed by atoms with E-state index in [-0.39, 0.29) is 21.2 Å². The third-order valence-electron chi connectivity index (χ3n) is 3.87. The van der Waals surface area contributed by atoms with Crippen LogP contribution in [0.25, 0.3) is 0 Å². The van der Waals surface area contributed by atoms with Gasteiger partial charge in [-0.3, -0.25) is 0 Å². The van der Waals surface area contributed by atoms with E-state index in [1.807, 2.05) is 0 Å². The van der Waals surface area contributed by atoms with Crippen LogP contribution in [0.2, 0.25) is 16.8 Å². The van der Waals surface area contributed by atoms with Gasteiger partial charge in [0.1, 0.15) is 0 Å². The molecule has 1 atom stereocenters. The van der Waals surface area contributed by atoms with E-state index in [2.05, 4.69) is 41.7 Å². The van der Waals surface area contributed by atoms with Gasteiger partial charge in [-0.05, 0) is 0 Å². The van der Waals surface area contributed by atoms with Gasteiger partial charge in [-0.1, -0.05) is 6.92 Å². The zero-order chi connectivity index (χ0) is 12.9. The first-order valence-electron chi connectivity index (χ1n) is 8.01. The fourth-order valence-electron chi connectivity index (χ4n) is 2.23. The van der Waals surface area contributed by atoms with Crippen LogP contribution in [0.4, 0.5) is 0 Å². The second-order valence-corrected chi connectivity index (χ2v) is 11.4. The van der Waals surface area contributed by atoms with Crippen molar-refractivity contribution in [3.8, 4) is 0 Å². The SMILES string of the molecule is CCCCCCCCCCCC[CH]([Mg+])[SiH](C)C.[Cl-]. The Bertz CT molecular complexity index is 153. The molecule has 0 aromatic rings. The van der Waals surface area contributed by atoms with E-state index in [1.165, 1.54) is 70.6 Å². The first-order chi connectivity index (χ1) is 8.18. The summed E-state index contributed by atoms with van der Waals surface area (Å²) in [5, 5.41) is 0. The van der Waals surface area contributed by atoms with E-state index in [1.54, 1.807) is 0 Å². The molecule has 0 heterocycles. The Hall–Kier alpha value is 1.27. The molecule has 0 radical (unpaired) electrons. The fraction of sp³-hybridized carbons (Fsp3) is 1.00. The zero-order valence-corrected chi connectivity index (χ0v) is 16.3. The van der Waals surface area contributed by atoms with E-state index >= 15 is 0 Å². The van der Waals surface area contributed by atoms with Gasteiger partial charge in [-0.15, -0.1) is 0 Å². The summed E-state index contributed by atoms with van der Waals surface area (Å²) in [5.74, 6) is 0. The molecule has 106 valence electrons. The number of hydrogen-bond acceptors (Lipinski definition) is 0. The minimum atomic E-state index is -0.334. The van der Waals surface area contributed by atoms with Crippen LogP contribution in [0.1, 0.15) is 77.6 Å². The van der Waals surface area contributed by atoms with Crippen molar-refractivity contribution >= 4 is 30.5 Å². The quantitative estimate of drug-likeness (QED) is 0.383. The number of halogens is 1. The first kappa shape index (κ1) is 21.6. The fourth-order valence-corrected chi connectivity index (χ4v) is 3.42. The van der Waals surface area contributed by atoms with Crippen molar-refractivity contribution in [3.63, 3.8) is 0 Å².